The molecule has 50 heavy (non-hydrogen) atoms. The van der Waals surface area contributed by atoms with E-state index in [0.29, 0.717) is 0 Å². The average molecular weight is 639 g/mol. The Balaban J connectivity index is 1.17. The van der Waals surface area contributed by atoms with E-state index in [1.165, 1.54) is 27.4 Å². The Labute approximate surface area is 289 Å². The van der Waals surface area contributed by atoms with Crippen molar-refractivity contribution in [2.24, 2.45) is 0 Å². The van der Waals surface area contributed by atoms with Crippen LogP contribution in [0.25, 0.3) is 94.2 Å². The van der Waals surface area contributed by atoms with Crippen molar-refractivity contribution >= 4 is 43.7 Å². The number of hydrogen-bond donors (Lipinski definition) is 0. The van der Waals surface area contributed by atoms with Gasteiger partial charge in [0.1, 0.15) is 11.2 Å². The van der Waals surface area contributed by atoms with E-state index < -0.39 is 0 Å². The minimum atomic E-state index is 0.860. The summed E-state index contributed by atoms with van der Waals surface area (Å²) in [5, 5.41) is 4.68. The highest BCUT2D eigenvalue weighted by Gasteiger charge is 2.16. The smallest absolute Gasteiger partial charge is 0.136 e. The van der Waals surface area contributed by atoms with Crippen LogP contribution < -0.4 is 0 Å². The van der Waals surface area contributed by atoms with Gasteiger partial charge in [-0.25, -0.2) is 4.98 Å². The van der Waals surface area contributed by atoms with E-state index >= 15 is 0 Å². The molecule has 0 saturated heterocycles. The first-order valence-corrected chi connectivity index (χ1v) is 17.0. The molecule has 0 bridgehead atoms. The van der Waals surface area contributed by atoms with Gasteiger partial charge in [0.05, 0.1) is 22.4 Å². The number of para-hydroxylation sites is 3. The van der Waals surface area contributed by atoms with Gasteiger partial charge in [-0.1, -0.05) is 127 Å². The third kappa shape index (κ3) is 4.71. The molecule has 3 nitrogen and oxygen atoms in total. The number of nitrogens with zero attached hydrogens (tertiary/aromatic N) is 2. The van der Waals surface area contributed by atoms with E-state index in [1.54, 1.807) is 0 Å². The van der Waals surface area contributed by atoms with Crippen molar-refractivity contribution in [1.82, 2.24) is 9.55 Å². The van der Waals surface area contributed by atoms with Crippen LogP contribution in [-0.2, 0) is 0 Å². The molecule has 0 aliphatic carbocycles. The van der Waals surface area contributed by atoms with Crippen LogP contribution >= 0.6 is 0 Å². The zero-order chi connectivity index (χ0) is 33.0. The Morgan fingerprint density at radius 2 is 0.860 bits per heavy atom. The molecule has 0 aliphatic heterocycles. The van der Waals surface area contributed by atoms with Crippen molar-refractivity contribution in [3.63, 3.8) is 0 Å². The van der Waals surface area contributed by atoms with Crippen molar-refractivity contribution in [3.05, 3.63) is 182 Å². The Hall–Kier alpha value is -6.71. The van der Waals surface area contributed by atoms with Crippen LogP contribution in [0, 0.1) is 0 Å². The zero-order valence-electron chi connectivity index (χ0n) is 27.1. The number of hydrogen-bond acceptors (Lipinski definition) is 2. The highest BCUT2D eigenvalue weighted by molar-refractivity contribution is 6.10. The molecule has 0 saturated carbocycles. The van der Waals surface area contributed by atoms with E-state index in [1.807, 2.05) is 12.1 Å². The molecule has 0 aliphatic rings. The Kier molecular flexibility index (Phi) is 6.49. The number of aromatic nitrogens is 2. The summed E-state index contributed by atoms with van der Waals surface area (Å²) in [6.07, 6.45) is 0. The fourth-order valence-corrected chi connectivity index (χ4v) is 7.35. The van der Waals surface area contributed by atoms with Crippen molar-refractivity contribution in [3.8, 4) is 50.5 Å². The lowest BCUT2D eigenvalue weighted by molar-refractivity contribution is 0.669. The van der Waals surface area contributed by atoms with Gasteiger partial charge in [0.2, 0.25) is 0 Å². The van der Waals surface area contributed by atoms with Gasteiger partial charge >= 0.3 is 0 Å². The van der Waals surface area contributed by atoms with E-state index in [9.17, 15) is 0 Å². The van der Waals surface area contributed by atoms with Crippen LogP contribution in [0.5, 0.6) is 0 Å². The Morgan fingerprint density at radius 1 is 0.340 bits per heavy atom. The molecule has 234 valence electrons. The Morgan fingerprint density at radius 3 is 1.62 bits per heavy atom. The second-order valence-corrected chi connectivity index (χ2v) is 12.8. The quantitative estimate of drug-likeness (QED) is 0.188. The van der Waals surface area contributed by atoms with Crippen molar-refractivity contribution < 1.29 is 4.42 Å². The number of benzene rings is 7. The van der Waals surface area contributed by atoms with Crippen LogP contribution in [0.15, 0.2) is 186 Å². The largest absolute Gasteiger partial charge is 0.456 e. The highest BCUT2D eigenvalue weighted by Crippen LogP contribution is 2.38. The molecular formula is C47H30N2O. The van der Waals surface area contributed by atoms with Gasteiger partial charge in [-0.2, -0.15) is 0 Å². The zero-order valence-corrected chi connectivity index (χ0v) is 27.1. The molecule has 0 atom stereocenters. The maximum atomic E-state index is 6.30. The van der Waals surface area contributed by atoms with Gasteiger partial charge in [-0.3, -0.25) is 0 Å². The molecule has 3 aromatic heterocycles. The van der Waals surface area contributed by atoms with Gasteiger partial charge in [0, 0.05) is 38.4 Å². The fourth-order valence-electron chi connectivity index (χ4n) is 7.35. The molecule has 10 rings (SSSR count). The Bertz CT molecular complexity index is 2850. The van der Waals surface area contributed by atoms with Crippen LogP contribution in [0.1, 0.15) is 0 Å². The molecule has 0 fully saturated rings. The maximum Gasteiger partial charge on any atom is 0.136 e. The van der Waals surface area contributed by atoms with Crippen molar-refractivity contribution in [1.29, 1.82) is 0 Å². The third-order valence-electron chi connectivity index (χ3n) is 9.81. The molecule has 0 unspecified atom stereocenters. The summed E-state index contributed by atoms with van der Waals surface area (Å²) >= 11 is 0. The second-order valence-electron chi connectivity index (χ2n) is 12.8. The minimum absolute atomic E-state index is 0.860. The summed E-state index contributed by atoms with van der Waals surface area (Å²) in [4.78, 5) is 5.34. The first-order valence-electron chi connectivity index (χ1n) is 17.0. The van der Waals surface area contributed by atoms with Gasteiger partial charge in [-0.15, -0.1) is 0 Å². The van der Waals surface area contributed by atoms with E-state index in [4.69, 9.17) is 9.40 Å². The van der Waals surface area contributed by atoms with E-state index in [0.717, 1.165) is 66.8 Å². The van der Waals surface area contributed by atoms with E-state index in [2.05, 4.69) is 174 Å². The highest BCUT2D eigenvalue weighted by atomic mass is 16.3. The standard InChI is InChI=1S/C47H30N2O/c1-3-11-31(12-4-1)32-19-21-33(22-20-32)36-27-42(48-43(28-36)35-24-26-41-40-16-8-10-18-46(40)50-47(41)30-35)34-23-25-39-38-15-7-9-17-44(38)49(45(39)29-34)37-13-5-2-6-14-37/h1-30H. The first-order chi connectivity index (χ1) is 24.8. The molecule has 10 aromatic rings. The van der Waals surface area contributed by atoms with Gasteiger partial charge in [-0.05, 0) is 76.9 Å². The van der Waals surface area contributed by atoms with Crippen LogP contribution in [-0.4, -0.2) is 9.55 Å². The third-order valence-corrected chi connectivity index (χ3v) is 9.81. The lowest BCUT2D eigenvalue weighted by Gasteiger charge is -2.12. The van der Waals surface area contributed by atoms with Crippen molar-refractivity contribution in [2.75, 3.05) is 0 Å². The summed E-state index contributed by atoms with van der Waals surface area (Å²) in [6, 6.07) is 64.4. The second kappa shape index (κ2) is 11.5. The summed E-state index contributed by atoms with van der Waals surface area (Å²) in [6.45, 7) is 0. The molecule has 3 heterocycles. The summed E-state index contributed by atoms with van der Waals surface area (Å²) in [7, 11) is 0. The number of pyridine rings is 1. The molecule has 0 N–H and O–H groups in total. The average Bonchev–Trinajstić information content (AvgIpc) is 3.73. The van der Waals surface area contributed by atoms with Gasteiger partial charge in [0.25, 0.3) is 0 Å². The SMILES string of the molecule is c1ccc(-c2ccc(-c3cc(-c4ccc5c(c4)oc4ccccc45)nc(-c4ccc5c6ccccc6n(-c6ccccc6)c5c4)c3)cc2)cc1. The van der Waals surface area contributed by atoms with Crippen molar-refractivity contribution in [2.45, 2.75) is 0 Å². The van der Waals surface area contributed by atoms with E-state index in [-0.39, 0.29) is 0 Å². The molecule has 3 heteroatoms. The molecular weight excluding hydrogens is 609 g/mol. The predicted molar refractivity (Wildman–Crippen MR) is 208 cm³/mol. The maximum absolute atomic E-state index is 6.30. The fraction of sp³-hybridized carbons (Fsp3) is 0. The molecule has 0 radical (unpaired) electrons. The lowest BCUT2D eigenvalue weighted by Crippen LogP contribution is -1.94. The minimum Gasteiger partial charge on any atom is -0.456 e. The van der Waals surface area contributed by atoms with Crippen LogP contribution in [0.2, 0.25) is 0 Å². The topological polar surface area (TPSA) is 31.0 Å². The lowest BCUT2D eigenvalue weighted by atomic mass is 9.97. The predicted octanol–water partition coefficient (Wildman–Crippen LogP) is 12.7. The monoisotopic (exact) mass is 638 g/mol. The molecule has 0 amide bonds. The van der Waals surface area contributed by atoms with Crippen LogP contribution in [0.4, 0.5) is 0 Å². The first kappa shape index (κ1) is 28.3. The van der Waals surface area contributed by atoms with Gasteiger partial charge < -0.3 is 8.98 Å². The normalized spacial score (nSPS) is 11.6. The number of fused-ring (bicyclic) bond motifs is 6. The number of furan rings is 1. The molecule has 0 spiro atoms. The summed E-state index contributed by atoms with van der Waals surface area (Å²) < 4.78 is 8.66. The number of rotatable bonds is 5. The summed E-state index contributed by atoms with van der Waals surface area (Å²) in [5.74, 6) is 0. The van der Waals surface area contributed by atoms with Gasteiger partial charge in [0.15, 0.2) is 0 Å². The molecule has 7 aromatic carbocycles. The van der Waals surface area contributed by atoms with Crippen LogP contribution in [0.3, 0.4) is 0 Å². The summed E-state index contributed by atoms with van der Waals surface area (Å²) in [5.41, 5.74) is 13.8.